The molecule has 2 aromatic rings. The minimum absolute atomic E-state index is 0.0338. The van der Waals surface area contributed by atoms with Crippen LogP contribution in [0.25, 0.3) is 0 Å². The molecule has 0 unspecified atom stereocenters. The molecule has 1 aromatic heterocycles. The lowest BCUT2D eigenvalue weighted by Crippen LogP contribution is -2.38. The van der Waals surface area contributed by atoms with Gasteiger partial charge in [-0.2, -0.15) is 0 Å². The van der Waals surface area contributed by atoms with Crippen LogP contribution in [0.15, 0.2) is 29.6 Å². The molecule has 0 N–H and O–H groups in total. The monoisotopic (exact) mass is 404 g/mol. The van der Waals surface area contributed by atoms with Crippen LogP contribution in [0.1, 0.15) is 10.7 Å². The van der Waals surface area contributed by atoms with Gasteiger partial charge in [0.1, 0.15) is 17.4 Å². The minimum Gasteiger partial charge on any atom is -0.486 e. The van der Waals surface area contributed by atoms with Crippen molar-refractivity contribution in [3.63, 3.8) is 0 Å². The fraction of sp³-hybridized carbons (Fsp3) is 0.412. The summed E-state index contributed by atoms with van der Waals surface area (Å²) in [7, 11) is 1.46. The van der Waals surface area contributed by atoms with Gasteiger partial charge in [-0.25, -0.2) is 13.8 Å². The largest absolute Gasteiger partial charge is 0.486 e. The zero-order chi connectivity index (χ0) is 18.9. The molecule has 142 valence electrons. The first kappa shape index (κ1) is 20.5. The Balaban J connectivity index is 1.89. The van der Waals surface area contributed by atoms with Gasteiger partial charge in [0.2, 0.25) is 5.91 Å². The lowest BCUT2D eigenvalue weighted by molar-refractivity contribution is -0.133. The predicted octanol–water partition coefficient (Wildman–Crippen LogP) is 3.66. The Labute approximate surface area is 159 Å². The Morgan fingerprint density at radius 2 is 2.08 bits per heavy atom. The Morgan fingerprint density at radius 3 is 2.73 bits per heavy atom. The summed E-state index contributed by atoms with van der Waals surface area (Å²) >= 11 is 7.16. The first-order valence-electron chi connectivity index (χ1n) is 7.84. The van der Waals surface area contributed by atoms with Gasteiger partial charge >= 0.3 is 0 Å². The van der Waals surface area contributed by atoms with Crippen LogP contribution in [0.5, 0.6) is 5.75 Å². The SMILES string of the molecule is COCCN(CC(F)F)C(=O)Cc1csc(COc2ccc(Cl)cc2)n1. The minimum atomic E-state index is -2.59. The number of aromatic nitrogens is 1. The standard InChI is InChI=1S/C17H19ClF2N2O3S/c1-24-7-6-22(9-15(19)20)17(23)8-13-11-26-16(21-13)10-25-14-4-2-12(18)3-5-14/h2-5,11,15H,6-10H2,1H3. The van der Waals surface area contributed by atoms with E-state index >= 15 is 0 Å². The number of amides is 1. The van der Waals surface area contributed by atoms with Crippen LogP contribution in [0, 0.1) is 0 Å². The molecule has 2 rings (SSSR count). The van der Waals surface area contributed by atoms with Crippen molar-refractivity contribution < 1.29 is 23.0 Å². The Hall–Kier alpha value is -1.77. The fourth-order valence-corrected chi connectivity index (χ4v) is 2.96. The van der Waals surface area contributed by atoms with E-state index in [1.165, 1.54) is 18.4 Å². The highest BCUT2D eigenvalue weighted by atomic mass is 35.5. The van der Waals surface area contributed by atoms with E-state index in [0.717, 1.165) is 4.90 Å². The third kappa shape index (κ3) is 6.86. The first-order chi connectivity index (χ1) is 12.5. The van der Waals surface area contributed by atoms with Crippen molar-refractivity contribution in [3.8, 4) is 5.75 Å². The van der Waals surface area contributed by atoms with Crippen LogP contribution in [-0.2, 0) is 22.6 Å². The molecule has 0 aliphatic rings. The van der Waals surface area contributed by atoms with Crippen LogP contribution in [0.4, 0.5) is 8.78 Å². The highest BCUT2D eigenvalue weighted by molar-refractivity contribution is 7.09. The zero-order valence-electron chi connectivity index (χ0n) is 14.2. The Morgan fingerprint density at radius 1 is 1.35 bits per heavy atom. The van der Waals surface area contributed by atoms with Gasteiger partial charge in [0.25, 0.3) is 6.43 Å². The van der Waals surface area contributed by atoms with Crippen LogP contribution in [0.2, 0.25) is 5.02 Å². The highest BCUT2D eigenvalue weighted by Gasteiger charge is 2.19. The number of halogens is 3. The second-order valence-corrected chi connectivity index (χ2v) is 6.75. The van der Waals surface area contributed by atoms with Crippen molar-refractivity contribution in [2.45, 2.75) is 19.5 Å². The molecule has 0 radical (unpaired) electrons. The molecule has 0 saturated heterocycles. The number of benzene rings is 1. The number of hydrogen-bond acceptors (Lipinski definition) is 5. The maximum atomic E-state index is 12.6. The fourth-order valence-electron chi connectivity index (χ4n) is 2.12. The summed E-state index contributed by atoms with van der Waals surface area (Å²) < 4.78 is 35.7. The number of carbonyl (C=O) groups is 1. The lowest BCUT2D eigenvalue weighted by Gasteiger charge is -2.21. The second kappa shape index (κ2) is 10.4. The van der Waals surface area contributed by atoms with Crippen LogP contribution in [0.3, 0.4) is 0 Å². The van der Waals surface area contributed by atoms with Crippen LogP contribution < -0.4 is 4.74 Å². The highest BCUT2D eigenvalue weighted by Crippen LogP contribution is 2.18. The van der Waals surface area contributed by atoms with E-state index in [9.17, 15) is 13.6 Å². The van der Waals surface area contributed by atoms with E-state index in [1.54, 1.807) is 29.6 Å². The maximum absolute atomic E-state index is 12.6. The molecule has 0 spiro atoms. The third-order valence-electron chi connectivity index (χ3n) is 3.38. The average Bonchev–Trinajstić information content (AvgIpc) is 3.05. The van der Waals surface area contributed by atoms with Crippen molar-refractivity contribution in [3.05, 3.63) is 45.4 Å². The second-order valence-electron chi connectivity index (χ2n) is 5.38. The normalized spacial score (nSPS) is 11.0. The smallest absolute Gasteiger partial charge is 0.255 e. The van der Waals surface area contributed by atoms with Crippen molar-refractivity contribution in [1.29, 1.82) is 0 Å². The van der Waals surface area contributed by atoms with Crippen molar-refractivity contribution in [2.75, 3.05) is 26.8 Å². The van der Waals surface area contributed by atoms with Crippen molar-refractivity contribution in [2.24, 2.45) is 0 Å². The molecule has 0 saturated carbocycles. The number of rotatable bonds is 10. The summed E-state index contributed by atoms with van der Waals surface area (Å²) in [6, 6.07) is 6.94. The van der Waals surface area contributed by atoms with E-state index in [2.05, 4.69) is 4.98 Å². The van der Waals surface area contributed by atoms with Gasteiger partial charge in [-0.1, -0.05) is 11.6 Å². The molecule has 0 atom stereocenters. The van der Waals surface area contributed by atoms with Gasteiger partial charge < -0.3 is 14.4 Å². The maximum Gasteiger partial charge on any atom is 0.255 e. The van der Waals surface area contributed by atoms with Gasteiger partial charge in [0.05, 0.1) is 25.3 Å². The molecule has 0 aliphatic heterocycles. The van der Waals surface area contributed by atoms with Crippen molar-refractivity contribution >= 4 is 28.8 Å². The quantitative estimate of drug-likeness (QED) is 0.606. The van der Waals surface area contributed by atoms with E-state index in [4.69, 9.17) is 21.1 Å². The summed E-state index contributed by atoms with van der Waals surface area (Å²) in [5.74, 6) is 0.253. The molecule has 26 heavy (non-hydrogen) atoms. The average molecular weight is 405 g/mol. The zero-order valence-corrected chi connectivity index (χ0v) is 15.7. The molecule has 0 aliphatic carbocycles. The molecule has 0 bridgehead atoms. The summed E-state index contributed by atoms with van der Waals surface area (Å²) in [5, 5.41) is 3.05. The molecule has 1 aromatic carbocycles. The number of thiazole rings is 1. The van der Waals surface area contributed by atoms with E-state index < -0.39 is 18.9 Å². The molecular formula is C17H19ClF2N2O3S. The molecule has 0 fully saturated rings. The Bertz CT molecular complexity index is 698. The predicted molar refractivity (Wildman–Crippen MR) is 96.1 cm³/mol. The number of nitrogens with zero attached hydrogens (tertiary/aromatic N) is 2. The van der Waals surface area contributed by atoms with E-state index in [-0.39, 0.29) is 26.2 Å². The number of alkyl halides is 2. The van der Waals surface area contributed by atoms with Gasteiger partial charge in [-0.05, 0) is 24.3 Å². The molecule has 1 amide bonds. The molecule has 9 heteroatoms. The summed E-state index contributed by atoms with van der Waals surface area (Å²) in [4.78, 5) is 17.7. The first-order valence-corrected chi connectivity index (χ1v) is 9.10. The number of hydrogen-bond donors (Lipinski definition) is 0. The summed E-state index contributed by atoms with van der Waals surface area (Å²) in [6.07, 6.45) is -2.62. The molecule has 1 heterocycles. The van der Waals surface area contributed by atoms with Gasteiger partial charge in [0, 0.05) is 24.1 Å². The summed E-state index contributed by atoms with van der Waals surface area (Å²) in [5.41, 5.74) is 0.534. The lowest BCUT2D eigenvalue weighted by atomic mass is 10.3. The topological polar surface area (TPSA) is 51.7 Å². The van der Waals surface area contributed by atoms with Crippen LogP contribution in [-0.4, -0.2) is 49.0 Å². The van der Waals surface area contributed by atoms with Crippen molar-refractivity contribution in [1.82, 2.24) is 9.88 Å². The van der Waals surface area contributed by atoms with Gasteiger partial charge in [-0.3, -0.25) is 4.79 Å². The number of methoxy groups -OCH3 is 1. The number of ether oxygens (including phenoxy) is 2. The van der Waals surface area contributed by atoms with Crippen LogP contribution >= 0.6 is 22.9 Å². The third-order valence-corrected chi connectivity index (χ3v) is 4.51. The van der Waals surface area contributed by atoms with Gasteiger partial charge in [0.15, 0.2) is 0 Å². The van der Waals surface area contributed by atoms with Gasteiger partial charge in [-0.15, -0.1) is 11.3 Å². The molecule has 5 nitrogen and oxygen atoms in total. The molecular weight excluding hydrogens is 386 g/mol. The summed E-state index contributed by atoms with van der Waals surface area (Å²) in [6.45, 7) is -0.0319. The number of carbonyl (C=O) groups excluding carboxylic acids is 1. The van der Waals surface area contributed by atoms with E-state index in [1.807, 2.05) is 0 Å². The Kier molecular flexibility index (Phi) is 8.21. The van der Waals surface area contributed by atoms with E-state index in [0.29, 0.717) is 21.5 Å².